The van der Waals surface area contributed by atoms with Crippen LogP contribution in [0.1, 0.15) is 25.0 Å². The molecule has 0 bridgehead atoms. The first-order valence-electron chi connectivity index (χ1n) is 10.1. The molecule has 1 N–H and O–H groups in total. The first-order chi connectivity index (χ1) is 13.6. The van der Waals surface area contributed by atoms with E-state index in [0.717, 1.165) is 45.1 Å². The first kappa shape index (κ1) is 20.5. The highest BCUT2D eigenvalue weighted by molar-refractivity contribution is 5.92. The van der Waals surface area contributed by atoms with E-state index in [-0.39, 0.29) is 5.91 Å². The van der Waals surface area contributed by atoms with Crippen molar-refractivity contribution >= 4 is 11.6 Å². The van der Waals surface area contributed by atoms with Crippen molar-refractivity contribution in [3.05, 3.63) is 65.7 Å². The van der Waals surface area contributed by atoms with Crippen molar-refractivity contribution in [2.24, 2.45) is 0 Å². The molecular formula is C23H31N3O2. The lowest BCUT2D eigenvalue weighted by Crippen LogP contribution is -2.37. The van der Waals surface area contributed by atoms with Crippen molar-refractivity contribution in [1.82, 2.24) is 9.80 Å². The number of nitrogens with zero attached hydrogens (tertiary/aromatic N) is 2. The highest BCUT2D eigenvalue weighted by Crippen LogP contribution is 2.13. The molecule has 0 saturated carbocycles. The van der Waals surface area contributed by atoms with Crippen LogP contribution in [0.5, 0.6) is 0 Å². The van der Waals surface area contributed by atoms with Gasteiger partial charge in [0.2, 0.25) is 5.91 Å². The summed E-state index contributed by atoms with van der Waals surface area (Å²) >= 11 is 0. The Hall–Kier alpha value is -2.21. The molecular weight excluding hydrogens is 350 g/mol. The smallest absolute Gasteiger partial charge is 0.238 e. The van der Waals surface area contributed by atoms with Crippen LogP contribution in [-0.4, -0.2) is 54.6 Å². The topological polar surface area (TPSA) is 44.8 Å². The van der Waals surface area contributed by atoms with Gasteiger partial charge in [0.15, 0.2) is 0 Å². The maximum Gasteiger partial charge on any atom is 0.238 e. The number of hydrogen-bond acceptors (Lipinski definition) is 4. The number of amides is 1. The van der Waals surface area contributed by atoms with E-state index in [4.69, 9.17) is 4.74 Å². The van der Waals surface area contributed by atoms with Crippen LogP contribution in [0.2, 0.25) is 0 Å². The number of anilines is 1. The van der Waals surface area contributed by atoms with Crippen molar-refractivity contribution in [2.45, 2.75) is 33.0 Å². The Bertz CT molecular complexity index is 725. The van der Waals surface area contributed by atoms with E-state index >= 15 is 0 Å². The second-order valence-electron chi connectivity index (χ2n) is 7.62. The zero-order chi connectivity index (χ0) is 19.8. The Balaban J connectivity index is 1.51. The van der Waals surface area contributed by atoms with Crippen molar-refractivity contribution in [3.8, 4) is 0 Å². The van der Waals surface area contributed by atoms with Crippen LogP contribution in [-0.2, 0) is 22.6 Å². The summed E-state index contributed by atoms with van der Waals surface area (Å²) in [5.41, 5.74) is 3.32. The highest BCUT2D eigenvalue weighted by atomic mass is 16.5. The molecule has 2 aromatic carbocycles. The van der Waals surface area contributed by atoms with Gasteiger partial charge in [-0.2, -0.15) is 0 Å². The van der Waals surface area contributed by atoms with E-state index < -0.39 is 0 Å². The van der Waals surface area contributed by atoms with E-state index in [0.29, 0.717) is 12.6 Å². The number of nitrogens with one attached hydrogen (secondary N) is 1. The van der Waals surface area contributed by atoms with Gasteiger partial charge in [0.05, 0.1) is 19.8 Å². The minimum absolute atomic E-state index is 0.0190. The van der Waals surface area contributed by atoms with Crippen LogP contribution < -0.4 is 5.32 Å². The van der Waals surface area contributed by atoms with Gasteiger partial charge in [-0.1, -0.05) is 42.5 Å². The summed E-state index contributed by atoms with van der Waals surface area (Å²) in [7, 11) is 0. The Morgan fingerprint density at radius 1 is 1.04 bits per heavy atom. The molecule has 1 aliphatic rings. The van der Waals surface area contributed by atoms with E-state index in [1.807, 2.05) is 30.3 Å². The largest absolute Gasteiger partial charge is 0.379 e. The fourth-order valence-corrected chi connectivity index (χ4v) is 3.33. The van der Waals surface area contributed by atoms with Crippen molar-refractivity contribution in [1.29, 1.82) is 0 Å². The number of carbonyl (C=O) groups is 1. The molecule has 2 aromatic rings. The highest BCUT2D eigenvalue weighted by Gasteiger charge is 2.15. The van der Waals surface area contributed by atoms with Gasteiger partial charge in [0.1, 0.15) is 0 Å². The summed E-state index contributed by atoms with van der Waals surface area (Å²) in [6.07, 6.45) is 0. The average molecular weight is 382 g/mol. The minimum atomic E-state index is 0.0190. The fraction of sp³-hybridized carbons (Fsp3) is 0.435. The fourth-order valence-electron chi connectivity index (χ4n) is 3.33. The van der Waals surface area contributed by atoms with Crippen LogP contribution >= 0.6 is 0 Å². The molecule has 150 valence electrons. The molecule has 0 aromatic heterocycles. The molecule has 5 nitrogen and oxygen atoms in total. The van der Waals surface area contributed by atoms with Crippen LogP contribution in [0.4, 0.5) is 5.69 Å². The number of rotatable bonds is 8. The monoisotopic (exact) mass is 381 g/mol. The number of hydrogen-bond donors (Lipinski definition) is 1. The van der Waals surface area contributed by atoms with Gasteiger partial charge in [-0.3, -0.25) is 14.6 Å². The van der Waals surface area contributed by atoms with Crippen LogP contribution in [0.15, 0.2) is 54.6 Å². The second kappa shape index (κ2) is 10.4. The molecule has 0 radical (unpaired) electrons. The Kier molecular flexibility index (Phi) is 7.60. The van der Waals surface area contributed by atoms with Crippen LogP contribution in [0, 0.1) is 0 Å². The molecule has 0 spiro atoms. The SMILES string of the molecule is CC(C)N(CC(=O)Nc1ccc(CN2CCOCC2)cc1)Cc1ccccc1. The lowest BCUT2D eigenvalue weighted by atomic mass is 10.1. The molecule has 1 heterocycles. The van der Waals surface area contributed by atoms with E-state index in [1.54, 1.807) is 0 Å². The number of morpholine rings is 1. The third kappa shape index (κ3) is 6.44. The van der Waals surface area contributed by atoms with Gasteiger partial charge in [-0.15, -0.1) is 0 Å². The van der Waals surface area contributed by atoms with Gasteiger partial charge in [-0.05, 0) is 37.1 Å². The van der Waals surface area contributed by atoms with Crippen LogP contribution in [0.3, 0.4) is 0 Å². The predicted molar refractivity (Wildman–Crippen MR) is 113 cm³/mol. The zero-order valence-electron chi connectivity index (χ0n) is 16.9. The van der Waals surface area contributed by atoms with Crippen molar-refractivity contribution < 1.29 is 9.53 Å². The molecule has 1 amide bonds. The number of ether oxygens (including phenoxy) is 1. The summed E-state index contributed by atoms with van der Waals surface area (Å²) in [6.45, 7) is 9.89. The van der Waals surface area contributed by atoms with E-state index in [1.165, 1.54) is 11.1 Å². The molecule has 1 aliphatic heterocycles. The predicted octanol–water partition coefficient (Wildman–Crippen LogP) is 3.37. The molecule has 0 unspecified atom stereocenters. The Morgan fingerprint density at radius 3 is 2.36 bits per heavy atom. The molecule has 1 fully saturated rings. The van der Waals surface area contributed by atoms with E-state index in [2.05, 4.69) is 53.2 Å². The van der Waals surface area contributed by atoms with Gasteiger partial charge < -0.3 is 10.1 Å². The zero-order valence-corrected chi connectivity index (χ0v) is 16.9. The van der Waals surface area contributed by atoms with Gasteiger partial charge >= 0.3 is 0 Å². The summed E-state index contributed by atoms with van der Waals surface area (Å²) in [6, 6.07) is 18.7. The molecule has 3 rings (SSSR count). The standard InChI is InChI=1S/C23H31N3O2/c1-19(2)26(17-20-6-4-3-5-7-20)18-23(27)24-22-10-8-21(9-11-22)16-25-12-14-28-15-13-25/h3-11,19H,12-18H2,1-2H3,(H,24,27). The Morgan fingerprint density at radius 2 is 1.71 bits per heavy atom. The van der Waals surface area contributed by atoms with Crippen molar-refractivity contribution in [3.63, 3.8) is 0 Å². The molecule has 28 heavy (non-hydrogen) atoms. The van der Waals surface area contributed by atoms with Gasteiger partial charge in [-0.25, -0.2) is 0 Å². The average Bonchev–Trinajstić information content (AvgIpc) is 2.70. The number of benzene rings is 2. The maximum absolute atomic E-state index is 12.5. The summed E-state index contributed by atoms with van der Waals surface area (Å²) in [4.78, 5) is 17.1. The first-order valence-corrected chi connectivity index (χ1v) is 10.1. The van der Waals surface area contributed by atoms with Gasteiger partial charge in [0.25, 0.3) is 0 Å². The summed E-state index contributed by atoms with van der Waals surface area (Å²) < 4.78 is 5.39. The lowest BCUT2D eigenvalue weighted by Gasteiger charge is -2.26. The van der Waals surface area contributed by atoms with Crippen molar-refractivity contribution in [2.75, 3.05) is 38.2 Å². The van der Waals surface area contributed by atoms with Gasteiger partial charge in [0, 0.05) is 37.9 Å². The van der Waals surface area contributed by atoms with Crippen LogP contribution in [0.25, 0.3) is 0 Å². The summed E-state index contributed by atoms with van der Waals surface area (Å²) in [5.74, 6) is 0.0190. The normalized spacial score (nSPS) is 15.1. The minimum Gasteiger partial charge on any atom is -0.379 e. The molecule has 0 aliphatic carbocycles. The third-order valence-corrected chi connectivity index (χ3v) is 5.05. The lowest BCUT2D eigenvalue weighted by molar-refractivity contribution is -0.117. The maximum atomic E-state index is 12.5. The molecule has 0 atom stereocenters. The third-order valence-electron chi connectivity index (χ3n) is 5.05. The quantitative estimate of drug-likeness (QED) is 0.762. The molecule has 1 saturated heterocycles. The Labute approximate surface area is 168 Å². The second-order valence-corrected chi connectivity index (χ2v) is 7.62. The molecule has 5 heteroatoms. The van der Waals surface area contributed by atoms with E-state index in [9.17, 15) is 4.79 Å². The number of carbonyl (C=O) groups excluding carboxylic acids is 1. The summed E-state index contributed by atoms with van der Waals surface area (Å²) in [5, 5.41) is 3.03.